The third-order valence-electron chi connectivity index (χ3n) is 3.94. The quantitative estimate of drug-likeness (QED) is 0.238. The summed E-state index contributed by atoms with van der Waals surface area (Å²) in [5.74, 6) is 0. The molecule has 20 heavy (non-hydrogen) atoms. The van der Waals surface area contributed by atoms with E-state index in [9.17, 15) is 0 Å². The van der Waals surface area contributed by atoms with Gasteiger partial charge in [-0.05, 0) is 35.6 Å². The maximum absolute atomic E-state index is 2.36. The number of halogens is 2. The van der Waals surface area contributed by atoms with E-state index in [4.69, 9.17) is 0 Å². The molecule has 0 nitrogen and oxygen atoms in total. The Kier molecular flexibility index (Phi) is 32.2. The number of unbranched alkanes of at least 4 members (excludes halogenated alkanes) is 4. The molecule has 1 atom stereocenters. The Morgan fingerprint density at radius 3 is 0.850 bits per heavy atom. The second-order valence-electron chi connectivity index (χ2n) is 5.65. The Balaban J connectivity index is -0.000000427. The molecule has 0 aliphatic rings. The van der Waals surface area contributed by atoms with Crippen LogP contribution in [0.1, 0.15) is 79.1 Å². The zero-order valence-electron chi connectivity index (χ0n) is 14.7. The van der Waals surface area contributed by atoms with Crippen LogP contribution in [0.15, 0.2) is 0 Å². The van der Waals surface area contributed by atoms with Crippen LogP contribution in [-0.2, 0) is 0 Å². The SMILES string of the molecule is CCCC[P+](CCCC)(CCCC)CCCC.[I-].[I-].[PH4+]. The average molecular weight is 548 g/mol. The van der Waals surface area contributed by atoms with Crippen LogP contribution in [0.5, 0.6) is 0 Å². The van der Waals surface area contributed by atoms with Crippen LogP contribution < -0.4 is 48.0 Å². The van der Waals surface area contributed by atoms with Gasteiger partial charge in [-0.25, -0.2) is 0 Å². The van der Waals surface area contributed by atoms with Gasteiger partial charge in [0.1, 0.15) is 0 Å². The summed E-state index contributed by atoms with van der Waals surface area (Å²) in [6.07, 6.45) is 17.9. The van der Waals surface area contributed by atoms with Gasteiger partial charge in [0.2, 0.25) is 0 Å². The Labute approximate surface area is 167 Å². The summed E-state index contributed by atoms with van der Waals surface area (Å²) < 4.78 is 0. The van der Waals surface area contributed by atoms with E-state index in [2.05, 4.69) is 27.7 Å². The van der Waals surface area contributed by atoms with Gasteiger partial charge in [0.05, 0.1) is 24.6 Å². The minimum atomic E-state index is -0.562. The predicted molar refractivity (Wildman–Crippen MR) is 98.5 cm³/mol. The van der Waals surface area contributed by atoms with E-state index in [0.717, 1.165) is 0 Å². The Hall–Kier alpha value is 2.32. The Morgan fingerprint density at radius 1 is 0.500 bits per heavy atom. The van der Waals surface area contributed by atoms with Crippen LogP contribution in [-0.4, -0.2) is 24.6 Å². The van der Waals surface area contributed by atoms with Crippen molar-refractivity contribution in [2.24, 2.45) is 0 Å². The fourth-order valence-corrected chi connectivity index (χ4v) is 7.93. The summed E-state index contributed by atoms with van der Waals surface area (Å²) in [5.41, 5.74) is 0. The maximum Gasteiger partial charge on any atom is 0.0594 e. The van der Waals surface area contributed by atoms with Crippen molar-refractivity contribution in [3.63, 3.8) is 0 Å². The summed E-state index contributed by atoms with van der Waals surface area (Å²) in [6, 6.07) is 0. The molecule has 128 valence electrons. The van der Waals surface area contributed by atoms with Crippen LogP contribution >= 0.6 is 17.2 Å². The van der Waals surface area contributed by atoms with E-state index in [1.165, 1.54) is 51.4 Å². The van der Waals surface area contributed by atoms with E-state index >= 15 is 0 Å². The van der Waals surface area contributed by atoms with Gasteiger partial charge >= 0.3 is 0 Å². The lowest BCUT2D eigenvalue weighted by atomic mass is 10.4. The van der Waals surface area contributed by atoms with Gasteiger partial charge in [0.15, 0.2) is 0 Å². The number of hydrogen-bond donors (Lipinski definition) is 0. The van der Waals surface area contributed by atoms with Crippen molar-refractivity contribution < 1.29 is 48.0 Å². The molecule has 0 aromatic carbocycles. The van der Waals surface area contributed by atoms with E-state index < -0.39 is 7.26 Å². The van der Waals surface area contributed by atoms with Gasteiger partial charge in [-0.1, -0.05) is 53.4 Å². The summed E-state index contributed by atoms with van der Waals surface area (Å²) in [4.78, 5) is 0. The monoisotopic (exact) mass is 548 g/mol. The smallest absolute Gasteiger partial charge is 0.0594 e. The van der Waals surface area contributed by atoms with Crippen molar-refractivity contribution in [3.8, 4) is 0 Å². The van der Waals surface area contributed by atoms with Gasteiger partial charge in [-0.15, -0.1) is 0 Å². The van der Waals surface area contributed by atoms with Crippen molar-refractivity contribution in [1.29, 1.82) is 0 Å². The lowest BCUT2D eigenvalue weighted by Crippen LogP contribution is -3.00. The minimum absolute atomic E-state index is 0. The van der Waals surface area contributed by atoms with Gasteiger partial charge < -0.3 is 48.0 Å². The Bertz CT molecular complexity index is 129. The molecule has 0 fully saturated rings. The van der Waals surface area contributed by atoms with E-state index in [1.54, 1.807) is 24.6 Å². The summed E-state index contributed by atoms with van der Waals surface area (Å²) in [7, 11) is -0.562. The highest BCUT2D eigenvalue weighted by Crippen LogP contribution is 2.61. The number of hydrogen-bond acceptors (Lipinski definition) is 0. The zero-order valence-corrected chi connectivity index (χ0v) is 21.9. The van der Waals surface area contributed by atoms with Crippen LogP contribution in [0.3, 0.4) is 0 Å². The predicted octanol–water partition coefficient (Wildman–Crippen LogP) is 0.00280. The second kappa shape index (κ2) is 21.3. The molecule has 0 rings (SSSR count). The minimum Gasteiger partial charge on any atom is -1.00 e. The first kappa shape index (κ1) is 30.2. The molecule has 0 aliphatic heterocycles. The molecule has 0 amide bonds. The first-order valence-corrected chi connectivity index (χ1v) is 10.6. The third kappa shape index (κ3) is 15.2. The normalized spacial score (nSPS) is 10.2. The molecular formula is C16H40I2P2. The Morgan fingerprint density at radius 2 is 0.700 bits per heavy atom. The molecule has 0 aromatic rings. The molecule has 0 N–H and O–H groups in total. The van der Waals surface area contributed by atoms with Crippen LogP contribution in [0.4, 0.5) is 0 Å². The lowest BCUT2D eigenvalue weighted by Gasteiger charge is -2.28. The fraction of sp³-hybridized carbons (Fsp3) is 1.00. The first-order valence-electron chi connectivity index (χ1n) is 8.09. The van der Waals surface area contributed by atoms with Crippen molar-refractivity contribution in [1.82, 2.24) is 0 Å². The number of rotatable bonds is 12. The highest BCUT2D eigenvalue weighted by atomic mass is 127. The van der Waals surface area contributed by atoms with Gasteiger partial charge in [-0.3, -0.25) is 0 Å². The lowest BCUT2D eigenvalue weighted by molar-refractivity contribution is -0.00100. The summed E-state index contributed by atoms with van der Waals surface area (Å²) >= 11 is 0. The highest BCUT2D eigenvalue weighted by molar-refractivity contribution is 7.75. The van der Waals surface area contributed by atoms with Crippen molar-refractivity contribution >= 4 is 17.2 Å². The largest absolute Gasteiger partial charge is 1.00 e. The average Bonchev–Trinajstić information content (AvgIpc) is 2.37. The molecule has 0 spiro atoms. The van der Waals surface area contributed by atoms with Gasteiger partial charge in [0, 0.05) is 7.26 Å². The maximum atomic E-state index is 2.36. The second-order valence-corrected chi connectivity index (χ2v) is 10.1. The molecule has 0 aromatic heterocycles. The summed E-state index contributed by atoms with van der Waals surface area (Å²) in [6.45, 7) is 9.42. The van der Waals surface area contributed by atoms with Crippen LogP contribution in [0.25, 0.3) is 0 Å². The first-order chi connectivity index (χ1) is 8.24. The molecule has 0 radical (unpaired) electrons. The molecule has 0 bridgehead atoms. The molecule has 0 saturated carbocycles. The van der Waals surface area contributed by atoms with Gasteiger partial charge in [-0.2, -0.15) is 0 Å². The van der Waals surface area contributed by atoms with Gasteiger partial charge in [0.25, 0.3) is 0 Å². The van der Waals surface area contributed by atoms with E-state index in [1.807, 2.05) is 0 Å². The third-order valence-corrected chi connectivity index (χ3v) is 9.00. The summed E-state index contributed by atoms with van der Waals surface area (Å²) in [5, 5.41) is 0. The van der Waals surface area contributed by atoms with E-state index in [0.29, 0.717) is 0 Å². The fourth-order valence-electron chi connectivity index (χ4n) is 2.64. The standard InChI is InChI=1S/C16H36P.2HI.H3P/c1-5-9-13-17(14-10-6-2,15-11-7-3)16-12-8-4;;;/h5-16H2,1-4H3;2*1H;1H3/q+1;;;/p-1. The van der Waals surface area contributed by atoms with Crippen molar-refractivity contribution in [2.75, 3.05) is 24.6 Å². The van der Waals surface area contributed by atoms with E-state index in [-0.39, 0.29) is 57.9 Å². The van der Waals surface area contributed by atoms with Crippen LogP contribution in [0, 0.1) is 0 Å². The molecule has 1 unspecified atom stereocenters. The molecule has 4 heteroatoms. The van der Waals surface area contributed by atoms with Crippen molar-refractivity contribution in [3.05, 3.63) is 0 Å². The topological polar surface area (TPSA) is 0 Å². The highest BCUT2D eigenvalue weighted by Gasteiger charge is 2.34. The molecule has 0 saturated heterocycles. The molecular weight excluding hydrogens is 508 g/mol. The zero-order chi connectivity index (χ0) is 13.0. The molecule has 0 heterocycles. The van der Waals surface area contributed by atoms with Crippen molar-refractivity contribution in [2.45, 2.75) is 79.1 Å². The molecule has 0 aliphatic carbocycles. The van der Waals surface area contributed by atoms with Crippen LogP contribution in [0.2, 0.25) is 0 Å².